The van der Waals surface area contributed by atoms with E-state index in [0.29, 0.717) is 5.57 Å². The minimum Gasteiger partial charge on any atom is -0.477 e. The van der Waals surface area contributed by atoms with Gasteiger partial charge in [-0.25, -0.2) is 9.36 Å². The van der Waals surface area contributed by atoms with Gasteiger partial charge in [0.15, 0.2) is 0 Å². The molecule has 1 amide bonds. The van der Waals surface area contributed by atoms with Crippen molar-refractivity contribution in [1.82, 2.24) is 9.30 Å². The molecule has 2 aromatic heterocycles. The number of hydrogen-bond acceptors (Lipinski definition) is 5. The van der Waals surface area contributed by atoms with Gasteiger partial charge in [0, 0.05) is 17.9 Å². The standard InChI is InChI=1S/C24H25N3O4S2/c1-13-17(20(24(30)31)27-19(13)18(14(2)28)21(27)29)16-11-26-12-25(22(32-3)23(26)33-16)10-9-15-7-5-4-6-8-15/h4-8,11-14,18-19,28H,9-10H2,1-3H3/p+1/t13?,14-,18?,19+/m1/s1. The molecule has 2 aliphatic rings. The largest absolute Gasteiger partial charge is 0.477 e. The van der Waals surface area contributed by atoms with E-state index >= 15 is 0 Å². The second-order valence-electron chi connectivity index (χ2n) is 8.68. The Balaban J connectivity index is 1.51. The highest BCUT2D eigenvalue weighted by Gasteiger charge is 2.60. The predicted molar refractivity (Wildman–Crippen MR) is 127 cm³/mol. The number of fused-ring (bicyclic) bond motifs is 2. The molecule has 0 spiro atoms. The summed E-state index contributed by atoms with van der Waals surface area (Å²) in [4.78, 5) is 28.1. The maximum Gasteiger partial charge on any atom is 0.352 e. The zero-order valence-electron chi connectivity index (χ0n) is 18.6. The fourth-order valence-electron chi connectivity index (χ4n) is 5.21. The molecule has 33 heavy (non-hydrogen) atoms. The Labute approximate surface area is 200 Å². The van der Waals surface area contributed by atoms with Crippen molar-refractivity contribution in [1.29, 1.82) is 0 Å². The monoisotopic (exact) mass is 484 g/mol. The summed E-state index contributed by atoms with van der Waals surface area (Å²) in [6.45, 7) is 4.40. The van der Waals surface area contributed by atoms with Crippen LogP contribution in [0.15, 0.2) is 53.6 Å². The van der Waals surface area contributed by atoms with E-state index in [2.05, 4.69) is 27.4 Å². The van der Waals surface area contributed by atoms with Gasteiger partial charge in [0.05, 0.1) is 29.5 Å². The Kier molecular flexibility index (Phi) is 5.58. The van der Waals surface area contributed by atoms with Crippen molar-refractivity contribution in [2.75, 3.05) is 6.26 Å². The van der Waals surface area contributed by atoms with Crippen LogP contribution in [-0.2, 0) is 22.6 Å². The minimum atomic E-state index is -1.10. The van der Waals surface area contributed by atoms with Gasteiger partial charge in [-0.3, -0.25) is 4.79 Å². The molecule has 1 saturated heterocycles. The van der Waals surface area contributed by atoms with Crippen molar-refractivity contribution < 1.29 is 24.4 Å². The van der Waals surface area contributed by atoms with Crippen LogP contribution < -0.4 is 4.57 Å². The van der Waals surface area contributed by atoms with Gasteiger partial charge in [-0.2, -0.15) is 4.40 Å². The first-order valence-corrected chi connectivity index (χ1v) is 13.0. The molecule has 0 saturated carbocycles. The molecule has 0 radical (unpaired) electrons. The number of amides is 1. The van der Waals surface area contributed by atoms with Gasteiger partial charge in [-0.1, -0.05) is 60.4 Å². The molecule has 5 rings (SSSR count). The lowest BCUT2D eigenvalue weighted by Gasteiger charge is -2.46. The summed E-state index contributed by atoms with van der Waals surface area (Å²) < 4.78 is 4.29. The predicted octanol–water partition coefficient (Wildman–Crippen LogP) is 2.91. The van der Waals surface area contributed by atoms with Crippen LogP contribution in [0.3, 0.4) is 0 Å². The Morgan fingerprint density at radius 1 is 1.30 bits per heavy atom. The molecule has 0 bridgehead atoms. The molecule has 172 valence electrons. The summed E-state index contributed by atoms with van der Waals surface area (Å²) in [7, 11) is 0. The zero-order chi connectivity index (χ0) is 23.4. The molecule has 3 aromatic rings. The molecule has 7 nitrogen and oxygen atoms in total. The molecule has 4 atom stereocenters. The molecule has 0 aliphatic carbocycles. The van der Waals surface area contributed by atoms with Gasteiger partial charge >= 0.3 is 5.97 Å². The van der Waals surface area contributed by atoms with Crippen LogP contribution in [0, 0.1) is 11.8 Å². The second kappa shape index (κ2) is 8.30. The third kappa shape index (κ3) is 3.41. The quantitative estimate of drug-likeness (QED) is 0.306. The average molecular weight is 485 g/mol. The molecule has 9 heteroatoms. The number of thiazole rings is 1. The maximum absolute atomic E-state index is 12.6. The number of nitrogens with zero attached hydrogens (tertiary/aromatic N) is 3. The van der Waals surface area contributed by atoms with Gasteiger partial charge in [0.1, 0.15) is 11.9 Å². The van der Waals surface area contributed by atoms with E-state index < -0.39 is 18.0 Å². The van der Waals surface area contributed by atoms with E-state index in [4.69, 9.17) is 0 Å². The molecule has 1 aromatic carbocycles. The number of hydrogen-bond donors (Lipinski definition) is 2. The van der Waals surface area contributed by atoms with Crippen molar-refractivity contribution in [3.63, 3.8) is 0 Å². The fourth-order valence-corrected chi connectivity index (χ4v) is 7.41. The summed E-state index contributed by atoms with van der Waals surface area (Å²) >= 11 is 3.23. The van der Waals surface area contributed by atoms with E-state index in [9.17, 15) is 19.8 Å². The van der Waals surface area contributed by atoms with Crippen molar-refractivity contribution in [2.45, 2.75) is 44.0 Å². The first-order valence-electron chi connectivity index (χ1n) is 10.9. The summed E-state index contributed by atoms with van der Waals surface area (Å²) in [6.07, 6.45) is 6.20. The number of β-lactam (4-membered cyclic amide) rings is 1. The van der Waals surface area contributed by atoms with Crippen LogP contribution in [-0.4, -0.2) is 49.8 Å². The third-order valence-corrected chi connectivity index (χ3v) is 8.81. The number of aliphatic hydroxyl groups excluding tert-OH is 1. The van der Waals surface area contributed by atoms with Crippen LogP contribution in [0.25, 0.3) is 10.4 Å². The number of carbonyl (C=O) groups excluding carboxylic acids is 1. The zero-order valence-corrected chi connectivity index (χ0v) is 20.3. The minimum absolute atomic E-state index is 0.0570. The molecule has 2 N–H and O–H groups in total. The lowest BCUT2D eigenvalue weighted by molar-refractivity contribution is -0.729. The topological polar surface area (TPSA) is 86.1 Å². The molecule has 1 fully saturated rings. The van der Waals surface area contributed by atoms with Crippen molar-refractivity contribution in [3.05, 3.63) is 59.0 Å². The number of rotatable bonds is 7. The smallest absolute Gasteiger partial charge is 0.352 e. The Morgan fingerprint density at radius 3 is 2.67 bits per heavy atom. The number of carbonyl (C=O) groups is 2. The van der Waals surface area contributed by atoms with Gasteiger partial charge in [-0.05, 0) is 18.7 Å². The van der Waals surface area contributed by atoms with Gasteiger partial charge in [0.25, 0.3) is 6.33 Å². The Bertz CT molecular complexity index is 1280. The number of aliphatic carboxylic acids is 1. The highest BCUT2D eigenvalue weighted by atomic mass is 32.2. The number of aliphatic hydroxyl groups is 1. The van der Waals surface area contributed by atoms with Crippen LogP contribution in [0.4, 0.5) is 0 Å². The van der Waals surface area contributed by atoms with Crippen molar-refractivity contribution >= 4 is 45.4 Å². The lowest BCUT2D eigenvalue weighted by atomic mass is 9.77. The summed E-state index contributed by atoms with van der Waals surface area (Å²) in [5.74, 6) is -2.13. The number of benzene rings is 1. The first kappa shape index (κ1) is 22.2. The maximum atomic E-state index is 12.6. The van der Waals surface area contributed by atoms with E-state index in [1.165, 1.54) is 10.5 Å². The Morgan fingerprint density at radius 2 is 2.03 bits per heavy atom. The van der Waals surface area contributed by atoms with Crippen LogP contribution >= 0.6 is 23.1 Å². The fraction of sp³-hybridized carbons (Fsp3) is 0.375. The van der Waals surface area contributed by atoms with E-state index in [0.717, 1.165) is 27.7 Å². The van der Waals surface area contributed by atoms with E-state index in [1.54, 1.807) is 30.0 Å². The van der Waals surface area contributed by atoms with Gasteiger partial charge in [0.2, 0.25) is 15.8 Å². The molecule has 4 heterocycles. The van der Waals surface area contributed by atoms with Gasteiger partial charge in [-0.15, -0.1) is 0 Å². The highest BCUT2D eigenvalue weighted by molar-refractivity contribution is 7.98. The first-order chi connectivity index (χ1) is 15.8. The van der Waals surface area contributed by atoms with Crippen LogP contribution in [0.2, 0.25) is 0 Å². The van der Waals surface area contributed by atoms with Crippen molar-refractivity contribution in [3.8, 4) is 0 Å². The van der Waals surface area contributed by atoms with Crippen LogP contribution in [0.1, 0.15) is 24.3 Å². The van der Waals surface area contributed by atoms with E-state index in [-0.39, 0.29) is 23.6 Å². The third-order valence-electron chi connectivity index (χ3n) is 6.72. The van der Waals surface area contributed by atoms with Gasteiger partial charge < -0.3 is 15.1 Å². The molecular weight excluding hydrogens is 458 g/mol. The summed E-state index contributed by atoms with van der Waals surface area (Å²) in [5, 5.41) is 21.2. The molecule has 2 unspecified atom stereocenters. The number of aromatic nitrogens is 2. The summed E-state index contributed by atoms with van der Waals surface area (Å²) in [5.41, 5.74) is 2.02. The number of thioether (sulfide) groups is 1. The molecule has 2 aliphatic heterocycles. The summed E-state index contributed by atoms with van der Waals surface area (Å²) in [6, 6.07) is 10.1. The lowest BCUT2D eigenvalue weighted by Crippen LogP contribution is -2.63. The number of carboxylic acid groups (broad SMARTS) is 1. The number of imidazole rings is 1. The second-order valence-corrected chi connectivity index (χ2v) is 10.5. The SMILES string of the molecule is CSc1c2sc(C3=C(C(=O)O)N4C(=O)C([C@@H](C)O)[C@@H]4C3C)cn2c[n+]1CCc1ccccc1. The number of aryl methyl sites for hydroxylation is 2. The van der Waals surface area contributed by atoms with Crippen molar-refractivity contribution in [2.24, 2.45) is 11.8 Å². The van der Waals surface area contributed by atoms with E-state index in [1.807, 2.05) is 37.6 Å². The molecular formula is C24H26N3O4S2+. The normalized spacial score (nSPS) is 23.2. The highest BCUT2D eigenvalue weighted by Crippen LogP contribution is 2.51. The Hall–Kier alpha value is -2.62. The van der Waals surface area contributed by atoms with Crippen LogP contribution in [0.5, 0.6) is 0 Å². The average Bonchev–Trinajstić information content (AvgIpc) is 3.39. The number of carboxylic acids is 1.